The second-order valence-corrected chi connectivity index (χ2v) is 4.83. The molecule has 0 aromatic rings. The van der Waals surface area contributed by atoms with Crippen molar-refractivity contribution in [1.29, 1.82) is 0 Å². The molecular formula is C13H22O. The molecule has 0 amide bonds. The molecule has 1 aliphatic rings. The fourth-order valence-corrected chi connectivity index (χ4v) is 1.70. The lowest BCUT2D eigenvalue weighted by molar-refractivity contribution is -0.118. The van der Waals surface area contributed by atoms with E-state index in [1.807, 2.05) is 0 Å². The third-order valence-electron chi connectivity index (χ3n) is 2.85. The molecule has 0 N–H and O–H groups in total. The Hall–Kier alpha value is -0.850. The van der Waals surface area contributed by atoms with Crippen molar-refractivity contribution in [2.45, 2.75) is 40.0 Å². The van der Waals surface area contributed by atoms with Crippen molar-refractivity contribution >= 4 is 5.78 Å². The van der Waals surface area contributed by atoms with Gasteiger partial charge in [0.25, 0.3) is 0 Å². The predicted molar refractivity (Wildman–Crippen MR) is 62.2 cm³/mol. The first-order chi connectivity index (χ1) is 6.41. The van der Waals surface area contributed by atoms with Crippen molar-refractivity contribution in [2.75, 3.05) is 0 Å². The van der Waals surface area contributed by atoms with Crippen LogP contribution in [0, 0.1) is 11.3 Å². The molecule has 0 heterocycles. The number of hydrogen-bond acceptors (Lipinski definition) is 1. The Morgan fingerprint density at radius 3 is 2.14 bits per heavy atom. The standard InChI is InChI=1S/C11H18O.C2H4/c1-8-5-6-9(7-10(8)12)11(2,3)4;1-2/h9H,1,5-7H2,2-4H3;1-2H2. The van der Waals surface area contributed by atoms with Crippen LogP contribution in [0.15, 0.2) is 25.3 Å². The van der Waals surface area contributed by atoms with E-state index in [9.17, 15) is 4.79 Å². The molecule has 0 aromatic carbocycles. The molecule has 1 heteroatoms. The number of carbonyl (C=O) groups is 1. The van der Waals surface area contributed by atoms with E-state index in [2.05, 4.69) is 40.5 Å². The maximum Gasteiger partial charge on any atom is 0.158 e. The van der Waals surface area contributed by atoms with Crippen LogP contribution in [0.2, 0.25) is 0 Å². The molecule has 0 aliphatic heterocycles. The number of allylic oxidation sites excluding steroid dienone is 1. The van der Waals surface area contributed by atoms with Gasteiger partial charge in [-0.25, -0.2) is 0 Å². The fourth-order valence-electron chi connectivity index (χ4n) is 1.70. The monoisotopic (exact) mass is 194 g/mol. The van der Waals surface area contributed by atoms with Crippen molar-refractivity contribution in [3.05, 3.63) is 25.3 Å². The Labute approximate surface area is 87.9 Å². The molecule has 1 rings (SSSR count). The van der Waals surface area contributed by atoms with Crippen LogP contribution in [0.3, 0.4) is 0 Å². The zero-order chi connectivity index (χ0) is 11.4. The van der Waals surface area contributed by atoms with Crippen LogP contribution in [0.25, 0.3) is 0 Å². The van der Waals surface area contributed by atoms with Crippen LogP contribution in [-0.4, -0.2) is 5.78 Å². The molecule has 0 radical (unpaired) electrons. The average molecular weight is 194 g/mol. The van der Waals surface area contributed by atoms with Crippen molar-refractivity contribution in [3.8, 4) is 0 Å². The molecule has 1 nitrogen and oxygen atoms in total. The number of rotatable bonds is 0. The van der Waals surface area contributed by atoms with Gasteiger partial charge in [-0.05, 0) is 29.7 Å². The predicted octanol–water partition coefficient (Wildman–Crippen LogP) is 3.76. The molecule has 14 heavy (non-hydrogen) atoms. The van der Waals surface area contributed by atoms with E-state index < -0.39 is 0 Å². The van der Waals surface area contributed by atoms with Gasteiger partial charge in [-0.2, -0.15) is 0 Å². The van der Waals surface area contributed by atoms with Crippen LogP contribution in [-0.2, 0) is 4.79 Å². The van der Waals surface area contributed by atoms with Gasteiger partial charge in [0.1, 0.15) is 0 Å². The molecule has 1 unspecified atom stereocenters. The lowest BCUT2D eigenvalue weighted by atomic mass is 9.71. The first kappa shape index (κ1) is 13.2. The number of hydrogen-bond donors (Lipinski definition) is 0. The van der Waals surface area contributed by atoms with Crippen LogP contribution < -0.4 is 0 Å². The van der Waals surface area contributed by atoms with Crippen molar-refractivity contribution in [3.63, 3.8) is 0 Å². The van der Waals surface area contributed by atoms with Crippen molar-refractivity contribution in [2.24, 2.45) is 11.3 Å². The maximum atomic E-state index is 11.4. The van der Waals surface area contributed by atoms with Crippen LogP contribution >= 0.6 is 0 Å². The minimum Gasteiger partial charge on any atom is -0.295 e. The Balaban J connectivity index is 0.000000791. The van der Waals surface area contributed by atoms with E-state index in [-0.39, 0.29) is 11.2 Å². The van der Waals surface area contributed by atoms with Gasteiger partial charge in [-0.1, -0.05) is 27.4 Å². The first-order valence-electron chi connectivity index (χ1n) is 5.12. The van der Waals surface area contributed by atoms with E-state index in [0.29, 0.717) is 12.3 Å². The minimum absolute atomic E-state index is 0.274. The largest absolute Gasteiger partial charge is 0.295 e. The van der Waals surface area contributed by atoms with E-state index >= 15 is 0 Å². The van der Waals surface area contributed by atoms with Gasteiger partial charge in [0.15, 0.2) is 5.78 Å². The van der Waals surface area contributed by atoms with Crippen LogP contribution in [0.4, 0.5) is 0 Å². The van der Waals surface area contributed by atoms with Crippen LogP contribution in [0.1, 0.15) is 40.0 Å². The summed E-state index contributed by atoms with van der Waals surface area (Å²) in [6, 6.07) is 0. The molecule has 0 bridgehead atoms. The third-order valence-corrected chi connectivity index (χ3v) is 2.85. The first-order valence-corrected chi connectivity index (χ1v) is 5.12. The van der Waals surface area contributed by atoms with Gasteiger partial charge in [0.05, 0.1) is 0 Å². The molecule has 1 saturated carbocycles. The van der Waals surface area contributed by atoms with E-state index in [1.165, 1.54) is 0 Å². The van der Waals surface area contributed by atoms with Crippen LogP contribution in [0.5, 0.6) is 0 Å². The summed E-state index contributed by atoms with van der Waals surface area (Å²) in [4.78, 5) is 11.4. The van der Waals surface area contributed by atoms with Gasteiger partial charge in [-0.15, -0.1) is 13.2 Å². The zero-order valence-electron chi connectivity index (χ0n) is 9.73. The van der Waals surface area contributed by atoms with Gasteiger partial charge < -0.3 is 0 Å². The second-order valence-electron chi connectivity index (χ2n) is 4.83. The van der Waals surface area contributed by atoms with Gasteiger partial charge in [0.2, 0.25) is 0 Å². The average Bonchev–Trinajstić information content (AvgIpc) is 2.11. The highest BCUT2D eigenvalue weighted by atomic mass is 16.1. The SMILES string of the molecule is C=C.C=C1CCC(C(C)(C)C)CC1=O. The molecular weight excluding hydrogens is 172 g/mol. The highest BCUT2D eigenvalue weighted by Gasteiger charge is 2.30. The lowest BCUT2D eigenvalue weighted by Gasteiger charge is -2.33. The topological polar surface area (TPSA) is 17.1 Å². The lowest BCUT2D eigenvalue weighted by Crippen LogP contribution is -2.27. The summed E-state index contributed by atoms with van der Waals surface area (Å²) in [5.74, 6) is 0.830. The summed E-state index contributed by atoms with van der Waals surface area (Å²) >= 11 is 0. The quantitative estimate of drug-likeness (QED) is 0.424. The van der Waals surface area contributed by atoms with Gasteiger partial charge in [0, 0.05) is 6.42 Å². The molecule has 0 saturated heterocycles. The van der Waals surface area contributed by atoms with Crippen molar-refractivity contribution in [1.82, 2.24) is 0 Å². The Kier molecular flexibility index (Phi) is 4.82. The normalized spacial score (nSPS) is 22.6. The van der Waals surface area contributed by atoms with E-state index in [4.69, 9.17) is 0 Å². The van der Waals surface area contributed by atoms with Gasteiger partial charge >= 0.3 is 0 Å². The Morgan fingerprint density at radius 1 is 1.29 bits per heavy atom. The number of carbonyl (C=O) groups excluding carboxylic acids is 1. The fraction of sp³-hybridized carbons (Fsp3) is 0.615. The summed E-state index contributed by atoms with van der Waals surface area (Å²) in [5, 5.41) is 0. The summed E-state index contributed by atoms with van der Waals surface area (Å²) in [6.45, 7) is 16.4. The minimum atomic E-state index is 0.274. The highest BCUT2D eigenvalue weighted by molar-refractivity contribution is 5.95. The summed E-state index contributed by atoms with van der Waals surface area (Å²) in [7, 11) is 0. The summed E-state index contributed by atoms with van der Waals surface area (Å²) in [5.41, 5.74) is 1.10. The maximum absolute atomic E-state index is 11.4. The summed E-state index contributed by atoms with van der Waals surface area (Å²) in [6.07, 6.45) is 2.75. The highest BCUT2D eigenvalue weighted by Crippen LogP contribution is 2.37. The molecule has 0 aromatic heterocycles. The van der Waals surface area contributed by atoms with Crippen molar-refractivity contribution < 1.29 is 4.79 Å². The van der Waals surface area contributed by atoms with E-state index in [0.717, 1.165) is 18.4 Å². The zero-order valence-corrected chi connectivity index (χ0v) is 9.73. The third kappa shape index (κ3) is 3.49. The summed E-state index contributed by atoms with van der Waals surface area (Å²) < 4.78 is 0. The number of ketones is 1. The smallest absolute Gasteiger partial charge is 0.158 e. The molecule has 1 fully saturated rings. The Morgan fingerprint density at radius 2 is 1.79 bits per heavy atom. The number of Topliss-reactive ketones (excluding diaryl/α,β-unsaturated/α-hetero) is 1. The molecule has 1 atom stereocenters. The van der Waals surface area contributed by atoms with E-state index in [1.54, 1.807) is 0 Å². The van der Waals surface area contributed by atoms with Gasteiger partial charge in [-0.3, -0.25) is 4.79 Å². The molecule has 0 spiro atoms. The second kappa shape index (κ2) is 5.14. The Bertz CT molecular complexity index is 220. The molecule has 1 aliphatic carbocycles. The molecule has 80 valence electrons.